The maximum atomic E-state index is 11.0. The van der Waals surface area contributed by atoms with Crippen LogP contribution in [-0.4, -0.2) is 48.5 Å². The van der Waals surface area contributed by atoms with Crippen LogP contribution in [0.25, 0.3) is 0 Å². The van der Waals surface area contributed by atoms with Crippen molar-refractivity contribution in [2.45, 2.75) is 56.6 Å². The van der Waals surface area contributed by atoms with E-state index in [-0.39, 0.29) is 6.10 Å². The van der Waals surface area contributed by atoms with E-state index in [9.17, 15) is 5.11 Å². The van der Waals surface area contributed by atoms with Gasteiger partial charge in [0, 0.05) is 0 Å². The predicted octanol–water partition coefficient (Wildman–Crippen LogP) is 3.86. The van der Waals surface area contributed by atoms with E-state index >= 15 is 0 Å². The average Bonchev–Trinajstić information content (AvgIpc) is 3.27. The van der Waals surface area contributed by atoms with Crippen molar-refractivity contribution < 1.29 is 28.8 Å². The molecule has 6 heteroatoms. The standard InChI is InChI=1S/C28H30O6/c29-24-26(31-17-21-12-6-2-7-13-21)27(32-18-22-14-8-3-9-15-22)25-23(33-28(24)34-25)19-30-16-20-10-4-1-5-11-20/h1-15,23-29H,16-19H2/t23-,24-,25-,26-,27+,28-/m1/s1. The summed E-state index contributed by atoms with van der Waals surface area (Å²) < 4.78 is 30.6. The first-order valence-electron chi connectivity index (χ1n) is 11.7. The van der Waals surface area contributed by atoms with Crippen LogP contribution in [0.15, 0.2) is 91.0 Å². The first kappa shape index (κ1) is 23.2. The van der Waals surface area contributed by atoms with Gasteiger partial charge in [-0.25, -0.2) is 0 Å². The van der Waals surface area contributed by atoms with E-state index in [0.717, 1.165) is 16.7 Å². The van der Waals surface area contributed by atoms with Crippen molar-refractivity contribution in [2.75, 3.05) is 6.61 Å². The van der Waals surface area contributed by atoms with Crippen molar-refractivity contribution >= 4 is 0 Å². The van der Waals surface area contributed by atoms with E-state index in [1.807, 2.05) is 91.0 Å². The molecule has 0 unspecified atom stereocenters. The molecule has 2 aliphatic heterocycles. The van der Waals surface area contributed by atoms with Gasteiger partial charge in [-0.2, -0.15) is 0 Å². The number of aliphatic hydroxyl groups excluding tert-OH is 1. The average molecular weight is 463 g/mol. The lowest BCUT2D eigenvalue weighted by Gasteiger charge is -2.38. The zero-order valence-corrected chi connectivity index (χ0v) is 18.9. The minimum Gasteiger partial charge on any atom is -0.385 e. The fraction of sp³-hybridized carbons (Fsp3) is 0.357. The summed E-state index contributed by atoms with van der Waals surface area (Å²) in [7, 11) is 0. The summed E-state index contributed by atoms with van der Waals surface area (Å²) in [6, 6.07) is 29.8. The molecule has 2 saturated heterocycles. The third-order valence-electron chi connectivity index (χ3n) is 6.19. The first-order chi connectivity index (χ1) is 16.8. The molecule has 0 spiro atoms. The van der Waals surface area contributed by atoms with Gasteiger partial charge in [0.05, 0.1) is 26.4 Å². The van der Waals surface area contributed by atoms with E-state index < -0.39 is 30.7 Å². The highest BCUT2D eigenvalue weighted by atomic mass is 16.8. The van der Waals surface area contributed by atoms with Crippen LogP contribution in [0.3, 0.4) is 0 Å². The second kappa shape index (κ2) is 11.2. The molecular formula is C28H30O6. The number of hydrogen-bond acceptors (Lipinski definition) is 6. The molecule has 3 aromatic rings. The predicted molar refractivity (Wildman–Crippen MR) is 126 cm³/mol. The van der Waals surface area contributed by atoms with E-state index in [2.05, 4.69) is 0 Å². The Bertz CT molecular complexity index is 997. The highest BCUT2D eigenvalue weighted by Crippen LogP contribution is 2.36. The fourth-order valence-corrected chi connectivity index (χ4v) is 4.43. The second-order valence-electron chi connectivity index (χ2n) is 8.66. The van der Waals surface area contributed by atoms with Gasteiger partial charge in [-0.3, -0.25) is 0 Å². The third-order valence-corrected chi connectivity index (χ3v) is 6.19. The van der Waals surface area contributed by atoms with Crippen molar-refractivity contribution in [2.24, 2.45) is 0 Å². The van der Waals surface area contributed by atoms with Gasteiger partial charge >= 0.3 is 0 Å². The zero-order valence-electron chi connectivity index (χ0n) is 18.9. The van der Waals surface area contributed by atoms with Crippen LogP contribution in [0, 0.1) is 0 Å². The Morgan fingerprint density at radius 2 is 1.12 bits per heavy atom. The van der Waals surface area contributed by atoms with Crippen molar-refractivity contribution in [1.82, 2.24) is 0 Å². The Morgan fingerprint density at radius 1 is 0.618 bits per heavy atom. The molecule has 0 aliphatic carbocycles. The number of rotatable bonds is 10. The monoisotopic (exact) mass is 462 g/mol. The third kappa shape index (κ3) is 5.55. The lowest BCUT2D eigenvalue weighted by molar-refractivity contribution is -0.254. The maximum Gasteiger partial charge on any atom is 0.187 e. The molecule has 5 rings (SSSR count). The smallest absolute Gasteiger partial charge is 0.187 e. The topological polar surface area (TPSA) is 66.4 Å². The van der Waals surface area contributed by atoms with Gasteiger partial charge in [-0.1, -0.05) is 91.0 Å². The van der Waals surface area contributed by atoms with Crippen LogP contribution in [-0.2, 0) is 43.5 Å². The zero-order chi connectivity index (χ0) is 23.2. The minimum absolute atomic E-state index is 0.333. The molecule has 0 saturated carbocycles. The van der Waals surface area contributed by atoms with Crippen LogP contribution in [0.5, 0.6) is 0 Å². The minimum atomic E-state index is -0.972. The fourth-order valence-electron chi connectivity index (χ4n) is 4.43. The summed E-state index contributed by atoms with van der Waals surface area (Å²) in [5.41, 5.74) is 3.15. The Balaban J connectivity index is 1.28. The largest absolute Gasteiger partial charge is 0.385 e. The Hall–Kier alpha value is -2.58. The summed E-state index contributed by atoms with van der Waals surface area (Å²) in [5, 5.41) is 11.0. The number of ether oxygens (including phenoxy) is 5. The van der Waals surface area contributed by atoms with Crippen LogP contribution in [0.1, 0.15) is 16.7 Å². The quantitative estimate of drug-likeness (QED) is 0.494. The van der Waals surface area contributed by atoms with Crippen LogP contribution in [0.2, 0.25) is 0 Å². The van der Waals surface area contributed by atoms with Crippen LogP contribution in [0.4, 0.5) is 0 Å². The summed E-state index contributed by atoms with van der Waals surface area (Å²) in [5.74, 6) is 0. The van der Waals surface area contributed by atoms with Crippen molar-refractivity contribution in [1.29, 1.82) is 0 Å². The second-order valence-corrected chi connectivity index (χ2v) is 8.66. The van der Waals surface area contributed by atoms with Gasteiger partial charge in [0.15, 0.2) is 6.29 Å². The van der Waals surface area contributed by atoms with E-state index in [1.54, 1.807) is 0 Å². The van der Waals surface area contributed by atoms with Crippen LogP contribution < -0.4 is 0 Å². The summed E-state index contributed by atoms with van der Waals surface area (Å²) in [6.07, 6.45) is -3.62. The maximum absolute atomic E-state index is 11.0. The van der Waals surface area contributed by atoms with E-state index in [0.29, 0.717) is 26.4 Å². The molecular weight excluding hydrogens is 432 g/mol. The Labute approximate surface area is 200 Å². The molecule has 2 aliphatic rings. The molecule has 178 valence electrons. The lowest BCUT2D eigenvalue weighted by Crippen LogP contribution is -2.56. The van der Waals surface area contributed by atoms with Gasteiger partial charge in [-0.05, 0) is 16.7 Å². The SMILES string of the molecule is O[C@H]1[C@H]2O[C@@H]([C@H](OCc3ccccc3)[C@@H]1OCc1ccccc1)[C@@H](COCc1ccccc1)O2. The number of fused-ring (bicyclic) bond motifs is 2. The molecule has 1 N–H and O–H groups in total. The normalized spacial score (nSPS) is 28.1. The Kier molecular flexibility index (Phi) is 7.65. The van der Waals surface area contributed by atoms with Crippen molar-refractivity contribution in [3.8, 4) is 0 Å². The molecule has 3 aromatic carbocycles. The molecule has 34 heavy (non-hydrogen) atoms. The molecule has 6 atom stereocenters. The number of hydrogen-bond donors (Lipinski definition) is 1. The lowest BCUT2D eigenvalue weighted by atomic mass is 9.97. The molecule has 0 amide bonds. The van der Waals surface area contributed by atoms with E-state index in [1.165, 1.54) is 0 Å². The van der Waals surface area contributed by atoms with Crippen LogP contribution >= 0.6 is 0 Å². The number of benzene rings is 3. The molecule has 2 heterocycles. The van der Waals surface area contributed by atoms with Crippen molar-refractivity contribution in [3.05, 3.63) is 108 Å². The molecule has 6 nitrogen and oxygen atoms in total. The van der Waals surface area contributed by atoms with Gasteiger partial charge < -0.3 is 28.8 Å². The van der Waals surface area contributed by atoms with Crippen molar-refractivity contribution in [3.63, 3.8) is 0 Å². The summed E-state index contributed by atoms with van der Waals surface area (Å²) in [6.45, 7) is 1.55. The highest BCUT2D eigenvalue weighted by Gasteiger charge is 2.56. The first-order valence-corrected chi connectivity index (χ1v) is 11.7. The highest BCUT2D eigenvalue weighted by molar-refractivity contribution is 5.15. The summed E-state index contributed by atoms with van der Waals surface area (Å²) >= 11 is 0. The Morgan fingerprint density at radius 3 is 1.68 bits per heavy atom. The molecule has 0 radical (unpaired) electrons. The van der Waals surface area contributed by atoms with E-state index in [4.69, 9.17) is 23.7 Å². The van der Waals surface area contributed by atoms with Gasteiger partial charge in [0.2, 0.25) is 0 Å². The summed E-state index contributed by atoms with van der Waals surface area (Å²) in [4.78, 5) is 0. The number of aliphatic hydroxyl groups is 1. The molecule has 0 aromatic heterocycles. The van der Waals surface area contributed by atoms with Gasteiger partial charge in [-0.15, -0.1) is 0 Å². The van der Waals surface area contributed by atoms with Gasteiger partial charge in [0.25, 0.3) is 0 Å². The molecule has 2 fully saturated rings. The molecule has 2 bridgehead atoms. The van der Waals surface area contributed by atoms with Gasteiger partial charge in [0.1, 0.15) is 30.5 Å².